The van der Waals surface area contributed by atoms with Crippen LogP contribution in [0.4, 0.5) is 0 Å². The molecule has 0 bridgehead atoms. The summed E-state index contributed by atoms with van der Waals surface area (Å²) in [5.41, 5.74) is 4.91. The number of aromatic hydroxyl groups is 1. The van der Waals surface area contributed by atoms with Gasteiger partial charge in [0.1, 0.15) is 5.75 Å². The van der Waals surface area contributed by atoms with E-state index >= 15 is 0 Å². The molecule has 0 fully saturated rings. The Bertz CT molecular complexity index is 968. The molecule has 0 aliphatic carbocycles. The number of H-pyrrole nitrogens is 1. The van der Waals surface area contributed by atoms with Crippen molar-refractivity contribution in [2.24, 2.45) is 0 Å². The van der Waals surface area contributed by atoms with E-state index in [2.05, 4.69) is 18.0 Å². The molecule has 2 aromatic carbocycles. The summed E-state index contributed by atoms with van der Waals surface area (Å²) in [5, 5.41) is 10.5. The predicted octanol–water partition coefficient (Wildman–Crippen LogP) is 3.73. The first-order valence-electron chi connectivity index (χ1n) is 9.17. The van der Waals surface area contributed by atoms with Crippen LogP contribution in [0, 0.1) is 13.8 Å². The number of rotatable bonds is 7. The van der Waals surface area contributed by atoms with E-state index in [-0.39, 0.29) is 11.6 Å². The van der Waals surface area contributed by atoms with Crippen LogP contribution in [0.25, 0.3) is 0 Å². The summed E-state index contributed by atoms with van der Waals surface area (Å²) in [6.45, 7) is 4.46. The number of methoxy groups -OCH3 is 1. The Morgan fingerprint density at radius 1 is 1.00 bits per heavy atom. The van der Waals surface area contributed by atoms with Gasteiger partial charge in [0, 0.05) is 0 Å². The largest absolute Gasteiger partial charge is 0.497 e. The van der Waals surface area contributed by atoms with Crippen LogP contribution in [-0.4, -0.2) is 21.8 Å². The molecule has 142 valence electrons. The van der Waals surface area contributed by atoms with Gasteiger partial charge in [-0.15, -0.1) is 0 Å². The molecule has 0 aliphatic rings. The average Bonchev–Trinajstić information content (AvgIpc) is 2.93. The first-order chi connectivity index (χ1) is 13.0. The van der Waals surface area contributed by atoms with E-state index in [9.17, 15) is 9.90 Å². The van der Waals surface area contributed by atoms with Crippen LogP contribution in [0.1, 0.15) is 34.4 Å². The lowest BCUT2D eigenvalue weighted by Gasteiger charge is -2.07. The van der Waals surface area contributed by atoms with Crippen molar-refractivity contribution in [2.45, 2.75) is 39.7 Å². The lowest BCUT2D eigenvalue weighted by atomic mass is 10.1. The number of aromatic amines is 1. The summed E-state index contributed by atoms with van der Waals surface area (Å²) < 4.78 is 6.56. The number of imidazole rings is 1. The van der Waals surface area contributed by atoms with Gasteiger partial charge in [0.15, 0.2) is 0 Å². The van der Waals surface area contributed by atoms with Gasteiger partial charge in [0.05, 0.1) is 19.3 Å². The molecule has 1 aromatic heterocycles. The van der Waals surface area contributed by atoms with Gasteiger partial charge < -0.3 is 14.8 Å². The highest BCUT2D eigenvalue weighted by atomic mass is 16.5. The van der Waals surface area contributed by atoms with Crippen LogP contribution in [0.15, 0.2) is 47.3 Å². The van der Waals surface area contributed by atoms with Crippen molar-refractivity contribution in [1.82, 2.24) is 9.55 Å². The topological polar surface area (TPSA) is 67.2 Å². The van der Waals surface area contributed by atoms with Crippen molar-refractivity contribution in [1.29, 1.82) is 0 Å². The molecular formula is C22H26N2O3. The van der Waals surface area contributed by atoms with Crippen LogP contribution >= 0.6 is 0 Å². The van der Waals surface area contributed by atoms with Crippen molar-refractivity contribution < 1.29 is 9.84 Å². The first kappa shape index (κ1) is 18.8. The van der Waals surface area contributed by atoms with Crippen LogP contribution in [0.3, 0.4) is 0 Å². The van der Waals surface area contributed by atoms with Gasteiger partial charge in [0.2, 0.25) is 5.88 Å². The predicted molar refractivity (Wildman–Crippen MR) is 107 cm³/mol. The van der Waals surface area contributed by atoms with Gasteiger partial charge in [-0.2, -0.15) is 0 Å². The molecule has 5 nitrogen and oxygen atoms in total. The third kappa shape index (κ3) is 4.42. The number of nitrogens with zero attached hydrogens (tertiary/aromatic N) is 1. The van der Waals surface area contributed by atoms with Crippen molar-refractivity contribution in [3.8, 4) is 11.6 Å². The SMILES string of the molecule is COc1ccc(CCCc2[nH]c(=O)n(Cc3ccc(C)c(C)c3)c2O)cc1. The number of aryl methyl sites for hydroxylation is 4. The number of hydrogen-bond donors (Lipinski definition) is 2. The van der Waals surface area contributed by atoms with E-state index in [1.54, 1.807) is 7.11 Å². The molecule has 5 heteroatoms. The fourth-order valence-electron chi connectivity index (χ4n) is 3.18. The van der Waals surface area contributed by atoms with Gasteiger partial charge in [-0.1, -0.05) is 30.3 Å². The summed E-state index contributed by atoms with van der Waals surface area (Å²) in [5.74, 6) is 0.872. The lowest BCUT2D eigenvalue weighted by Crippen LogP contribution is -2.17. The van der Waals surface area contributed by atoms with Crippen molar-refractivity contribution in [3.63, 3.8) is 0 Å². The summed E-state index contributed by atoms with van der Waals surface area (Å²) in [7, 11) is 1.65. The van der Waals surface area contributed by atoms with Crippen molar-refractivity contribution in [2.75, 3.05) is 7.11 Å². The Kier molecular flexibility index (Phi) is 5.69. The zero-order valence-electron chi connectivity index (χ0n) is 16.1. The standard InChI is InChI=1S/C22H26N2O3/c1-15-7-8-18(13-16(15)2)14-24-21(25)20(23-22(24)26)6-4-5-17-9-11-19(27-3)12-10-17/h7-13,25H,4-6,14H2,1-3H3,(H,23,26). The average molecular weight is 366 g/mol. The Labute approximate surface area is 159 Å². The minimum Gasteiger partial charge on any atom is -0.497 e. The van der Waals surface area contributed by atoms with E-state index in [0.29, 0.717) is 18.7 Å². The number of hydrogen-bond acceptors (Lipinski definition) is 3. The number of nitrogens with one attached hydrogen (secondary N) is 1. The molecule has 27 heavy (non-hydrogen) atoms. The second-order valence-corrected chi connectivity index (χ2v) is 6.94. The van der Waals surface area contributed by atoms with Gasteiger partial charge in [-0.3, -0.25) is 4.57 Å². The maximum absolute atomic E-state index is 12.3. The molecule has 0 atom stereocenters. The Morgan fingerprint density at radius 3 is 2.37 bits per heavy atom. The zero-order chi connectivity index (χ0) is 19.4. The summed E-state index contributed by atoms with van der Waals surface area (Å²) >= 11 is 0. The van der Waals surface area contributed by atoms with Crippen LogP contribution in [0.2, 0.25) is 0 Å². The molecule has 2 N–H and O–H groups in total. The van der Waals surface area contributed by atoms with E-state index in [1.165, 1.54) is 21.3 Å². The summed E-state index contributed by atoms with van der Waals surface area (Å²) in [6, 6.07) is 14.0. The minimum absolute atomic E-state index is 0.0351. The van der Waals surface area contributed by atoms with Gasteiger partial charge in [-0.05, 0) is 67.5 Å². The fraction of sp³-hybridized carbons (Fsp3) is 0.318. The third-order valence-electron chi connectivity index (χ3n) is 4.99. The van der Waals surface area contributed by atoms with E-state index in [0.717, 1.165) is 24.2 Å². The summed E-state index contributed by atoms with van der Waals surface area (Å²) in [6.07, 6.45) is 2.32. The smallest absolute Gasteiger partial charge is 0.328 e. The molecule has 0 saturated heterocycles. The minimum atomic E-state index is -0.273. The van der Waals surface area contributed by atoms with E-state index < -0.39 is 0 Å². The lowest BCUT2D eigenvalue weighted by molar-refractivity contribution is 0.414. The Morgan fingerprint density at radius 2 is 1.70 bits per heavy atom. The Balaban J connectivity index is 1.65. The van der Waals surface area contributed by atoms with Crippen LogP contribution in [0.5, 0.6) is 11.6 Å². The number of benzene rings is 2. The van der Waals surface area contributed by atoms with Gasteiger partial charge >= 0.3 is 5.69 Å². The molecule has 0 spiro atoms. The summed E-state index contributed by atoms with van der Waals surface area (Å²) in [4.78, 5) is 15.1. The highest BCUT2D eigenvalue weighted by Crippen LogP contribution is 2.19. The maximum atomic E-state index is 12.3. The molecule has 0 unspecified atom stereocenters. The highest BCUT2D eigenvalue weighted by Gasteiger charge is 2.13. The number of aromatic nitrogens is 2. The molecule has 0 radical (unpaired) electrons. The van der Waals surface area contributed by atoms with Crippen molar-refractivity contribution in [3.05, 3.63) is 80.9 Å². The Hall–Kier alpha value is -2.95. The second-order valence-electron chi connectivity index (χ2n) is 6.94. The van der Waals surface area contributed by atoms with Gasteiger partial charge in [-0.25, -0.2) is 4.79 Å². The molecule has 3 aromatic rings. The molecular weight excluding hydrogens is 340 g/mol. The quantitative estimate of drug-likeness (QED) is 0.669. The monoisotopic (exact) mass is 366 g/mol. The third-order valence-corrected chi connectivity index (χ3v) is 4.99. The van der Waals surface area contributed by atoms with Crippen LogP contribution in [-0.2, 0) is 19.4 Å². The second kappa shape index (κ2) is 8.16. The molecule has 1 heterocycles. The maximum Gasteiger partial charge on any atom is 0.328 e. The van der Waals surface area contributed by atoms with Crippen LogP contribution < -0.4 is 10.4 Å². The normalized spacial score (nSPS) is 10.9. The zero-order valence-corrected chi connectivity index (χ0v) is 16.1. The van der Waals surface area contributed by atoms with Crippen molar-refractivity contribution >= 4 is 0 Å². The van der Waals surface area contributed by atoms with E-state index in [1.807, 2.05) is 43.3 Å². The highest BCUT2D eigenvalue weighted by molar-refractivity contribution is 5.31. The molecule has 0 aliphatic heterocycles. The molecule has 3 rings (SSSR count). The first-order valence-corrected chi connectivity index (χ1v) is 9.17. The molecule has 0 saturated carbocycles. The van der Waals surface area contributed by atoms with Gasteiger partial charge in [0.25, 0.3) is 0 Å². The van der Waals surface area contributed by atoms with E-state index in [4.69, 9.17) is 4.74 Å². The fourth-order valence-corrected chi connectivity index (χ4v) is 3.18. The number of ether oxygens (including phenoxy) is 1. The molecule has 0 amide bonds.